The van der Waals surface area contributed by atoms with E-state index in [0.717, 1.165) is 12.5 Å². The molecule has 88 valence electrons. The van der Waals surface area contributed by atoms with Crippen molar-refractivity contribution >= 4 is 5.69 Å². The van der Waals surface area contributed by atoms with E-state index in [1.165, 1.54) is 37.1 Å². The maximum Gasteiger partial charge on any atom is 0.0595 e. The lowest BCUT2D eigenvalue weighted by Gasteiger charge is -2.32. The second-order valence-corrected chi connectivity index (χ2v) is 4.71. The maximum atomic E-state index is 4.23. The lowest BCUT2D eigenvalue weighted by Crippen LogP contribution is -2.30. The largest absolute Gasteiger partial charge is 0.373 e. The molecule has 0 bridgehead atoms. The van der Waals surface area contributed by atoms with Crippen molar-refractivity contribution < 1.29 is 0 Å². The van der Waals surface area contributed by atoms with Gasteiger partial charge in [0.05, 0.1) is 11.9 Å². The Balaban J connectivity index is 2.04. The van der Waals surface area contributed by atoms with E-state index >= 15 is 0 Å². The van der Waals surface area contributed by atoms with Gasteiger partial charge < -0.3 is 10.2 Å². The Bertz CT molecular complexity index is 334. The first-order valence-corrected chi connectivity index (χ1v) is 6.10. The Morgan fingerprint density at radius 1 is 1.50 bits per heavy atom. The molecular weight excluding hydrogens is 198 g/mol. The van der Waals surface area contributed by atoms with E-state index in [0.29, 0.717) is 0 Å². The molecule has 1 aliphatic carbocycles. The average Bonchev–Trinajstić information content (AvgIpc) is 2.24. The van der Waals surface area contributed by atoms with E-state index in [-0.39, 0.29) is 0 Å². The number of hydrogen-bond acceptors (Lipinski definition) is 3. The van der Waals surface area contributed by atoms with E-state index in [2.05, 4.69) is 28.3 Å². The van der Waals surface area contributed by atoms with Crippen molar-refractivity contribution in [1.29, 1.82) is 0 Å². The summed E-state index contributed by atoms with van der Waals surface area (Å²) in [5.41, 5.74) is 2.60. The molecule has 0 spiro atoms. The Kier molecular flexibility index (Phi) is 3.78. The van der Waals surface area contributed by atoms with Gasteiger partial charge in [-0.15, -0.1) is 0 Å². The van der Waals surface area contributed by atoms with Crippen LogP contribution in [-0.2, 0) is 6.54 Å². The van der Waals surface area contributed by atoms with E-state index in [1.807, 2.05) is 19.4 Å². The molecule has 3 heteroatoms. The molecular formula is C13H21N3. The van der Waals surface area contributed by atoms with Crippen LogP contribution in [0.15, 0.2) is 18.5 Å². The second-order valence-electron chi connectivity index (χ2n) is 4.71. The van der Waals surface area contributed by atoms with Gasteiger partial charge in [-0.2, -0.15) is 0 Å². The van der Waals surface area contributed by atoms with Crippen LogP contribution in [0, 0.1) is 5.92 Å². The Labute approximate surface area is 97.9 Å². The van der Waals surface area contributed by atoms with Crippen LogP contribution in [0.4, 0.5) is 5.69 Å². The minimum Gasteiger partial charge on any atom is -0.373 e. The van der Waals surface area contributed by atoms with Crippen LogP contribution in [0.25, 0.3) is 0 Å². The van der Waals surface area contributed by atoms with Gasteiger partial charge >= 0.3 is 0 Å². The van der Waals surface area contributed by atoms with Gasteiger partial charge in [0.1, 0.15) is 0 Å². The Hall–Kier alpha value is -1.09. The number of hydrogen-bond donors (Lipinski definition) is 1. The van der Waals surface area contributed by atoms with Crippen LogP contribution in [0.2, 0.25) is 0 Å². The van der Waals surface area contributed by atoms with Crippen molar-refractivity contribution in [2.45, 2.75) is 25.8 Å². The molecule has 3 nitrogen and oxygen atoms in total. The van der Waals surface area contributed by atoms with Gasteiger partial charge in [-0.25, -0.2) is 0 Å². The molecule has 0 aliphatic heterocycles. The van der Waals surface area contributed by atoms with Gasteiger partial charge in [-0.3, -0.25) is 4.98 Å². The summed E-state index contributed by atoms with van der Waals surface area (Å²) in [6, 6.07) is 2.10. The van der Waals surface area contributed by atoms with Gasteiger partial charge in [0.25, 0.3) is 0 Å². The molecule has 1 aliphatic rings. The van der Waals surface area contributed by atoms with Crippen molar-refractivity contribution in [2.75, 3.05) is 25.5 Å². The summed E-state index contributed by atoms with van der Waals surface area (Å²) in [7, 11) is 4.16. The zero-order valence-corrected chi connectivity index (χ0v) is 10.2. The lowest BCUT2D eigenvalue weighted by molar-refractivity contribution is 0.321. The molecule has 0 unspecified atom stereocenters. The number of nitrogens with zero attached hydrogens (tertiary/aromatic N) is 2. The standard InChI is InChI=1S/C13H21N3/c1-14-8-12-6-7-15-9-13(12)16(2)10-11-4-3-5-11/h6-7,9,11,14H,3-5,8,10H2,1-2H3. The lowest BCUT2D eigenvalue weighted by atomic mass is 9.85. The minimum absolute atomic E-state index is 0.896. The highest BCUT2D eigenvalue weighted by molar-refractivity contribution is 5.51. The highest BCUT2D eigenvalue weighted by Crippen LogP contribution is 2.29. The van der Waals surface area contributed by atoms with E-state index in [4.69, 9.17) is 0 Å². The highest BCUT2D eigenvalue weighted by Gasteiger charge is 2.20. The molecule has 0 amide bonds. The summed E-state index contributed by atoms with van der Waals surface area (Å²) in [6.45, 7) is 2.08. The maximum absolute atomic E-state index is 4.23. The fraction of sp³-hybridized carbons (Fsp3) is 0.615. The first-order chi connectivity index (χ1) is 7.81. The van der Waals surface area contributed by atoms with Crippen LogP contribution in [0.3, 0.4) is 0 Å². The molecule has 0 atom stereocenters. The third-order valence-corrected chi connectivity index (χ3v) is 3.42. The Morgan fingerprint density at radius 2 is 2.31 bits per heavy atom. The van der Waals surface area contributed by atoms with Crippen molar-refractivity contribution in [1.82, 2.24) is 10.3 Å². The van der Waals surface area contributed by atoms with Crippen LogP contribution < -0.4 is 10.2 Å². The SMILES string of the molecule is CNCc1ccncc1N(C)CC1CCC1. The average molecular weight is 219 g/mol. The van der Waals surface area contributed by atoms with Crippen LogP contribution in [0.1, 0.15) is 24.8 Å². The van der Waals surface area contributed by atoms with Crippen molar-refractivity contribution in [3.63, 3.8) is 0 Å². The summed E-state index contributed by atoms with van der Waals surface area (Å²) < 4.78 is 0. The third-order valence-electron chi connectivity index (χ3n) is 3.42. The van der Waals surface area contributed by atoms with E-state index in [9.17, 15) is 0 Å². The number of nitrogens with one attached hydrogen (secondary N) is 1. The van der Waals surface area contributed by atoms with Gasteiger partial charge in [-0.1, -0.05) is 6.42 Å². The first kappa shape index (κ1) is 11.4. The molecule has 0 radical (unpaired) electrons. The molecule has 2 rings (SSSR count). The van der Waals surface area contributed by atoms with E-state index < -0.39 is 0 Å². The molecule has 0 saturated heterocycles. The highest BCUT2D eigenvalue weighted by atomic mass is 15.1. The van der Waals surface area contributed by atoms with Gasteiger partial charge in [0, 0.05) is 26.3 Å². The smallest absolute Gasteiger partial charge is 0.0595 e. The Morgan fingerprint density at radius 3 is 2.94 bits per heavy atom. The number of rotatable bonds is 5. The second kappa shape index (κ2) is 5.30. The molecule has 1 aromatic rings. The zero-order chi connectivity index (χ0) is 11.4. The summed E-state index contributed by atoms with van der Waals surface area (Å²) in [4.78, 5) is 6.58. The fourth-order valence-corrected chi connectivity index (χ4v) is 2.26. The fourth-order valence-electron chi connectivity index (χ4n) is 2.26. The summed E-state index contributed by atoms with van der Waals surface area (Å²) in [5, 5.41) is 3.21. The topological polar surface area (TPSA) is 28.2 Å². The molecule has 1 aromatic heterocycles. The quantitative estimate of drug-likeness (QED) is 0.821. The zero-order valence-electron chi connectivity index (χ0n) is 10.2. The number of aromatic nitrogens is 1. The van der Waals surface area contributed by atoms with Crippen molar-refractivity contribution in [3.8, 4) is 0 Å². The third kappa shape index (κ3) is 2.53. The van der Waals surface area contributed by atoms with Crippen LogP contribution in [-0.4, -0.2) is 25.6 Å². The molecule has 0 aromatic carbocycles. The summed E-state index contributed by atoms with van der Waals surface area (Å²) in [5.74, 6) is 0.896. The number of anilines is 1. The van der Waals surface area contributed by atoms with Crippen molar-refractivity contribution in [3.05, 3.63) is 24.0 Å². The molecule has 1 fully saturated rings. The van der Waals surface area contributed by atoms with Crippen molar-refractivity contribution in [2.24, 2.45) is 5.92 Å². The molecule has 1 saturated carbocycles. The van der Waals surface area contributed by atoms with E-state index in [1.54, 1.807) is 0 Å². The molecule has 16 heavy (non-hydrogen) atoms. The molecule has 1 N–H and O–H groups in total. The van der Waals surface area contributed by atoms with Crippen LogP contribution in [0.5, 0.6) is 0 Å². The predicted molar refractivity (Wildman–Crippen MR) is 67.6 cm³/mol. The van der Waals surface area contributed by atoms with Gasteiger partial charge in [0.15, 0.2) is 0 Å². The normalized spacial score (nSPS) is 15.9. The van der Waals surface area contributed by atoms with Gasteiger partial charge in [0.2, 0.25) is 0 Å². The minimum atomic E-state index is 0.896. The molecule has 1 heterocycles. The predicted octanol–water partition coefficient (Wildman–Crippen LogP) is 2.04. The van der Waals surface area contributed by atoms with Gasteiger partial charge in [-0.05, 0) is 37.4 Å². The van der Waals surface area contributed by atoms with Crippen LogP contribution >= 0.6 is 0 Å². The summed E-state index contributed by atoms with van der Waals surface area (Å²) in [6.07, 6.45) is 8.05. The number of pyridine rings is 1. The summed E-state index contributed by atoms with van der Waals surface area (Å²) >= 11 is 0. The monoisotopic (exact) mass is 219 g/mol. The first-order valence-electron chi connectivity index (χ1n) is 6.10.